The van der Waals surface area contributed by atoms with Crippen LogP contribution in [-0.4, -0.2) is 38.6 Å². The van der Waals surface area contributed by atoms with Crippen LogP contribution in [0.1, 0.15) is 37.9 Å². The fraction of sp³-hybridized carbons (Fsp3) is 0.643. The first-order chi connectivity index (χ1) is 9.43. The number of carbonyl (C=O) groups excluding carboxylic acids is 2. The molecule has 20 heavy (non-hydrogen) atoms. The summed E-state index contributed by atoms with van der Waals surface area (Å²) in [6.45, 7) is 6.37. The number of hydrogen-bond acceptors (Lipinski definition) is 4. The van der Waals surface area contributed by atoms with Gasteiger partial charge in [-0.25, -0.2) is 0 Å². The van der Waals surface area contributed by atoms with Crippen molar-refractivity contribution in [1.82, 2.24) is 20.0 Å². The van der Waals surface area contributed by atoms with Crippen molar-refractivity contribution >= 4 is 11.8 Å². The van der Waals surface area contributed by atoms with Gasteiger partial charge in [0.1, 0.15) is 0 Å². The molecule has 0 aromatic carbocycles. The molecule has 6 heteroatoms. The molecule has 2 heterocycles. The Balaban J connectivity index is 1.99. The molecule has 1 saturated heterocycles. The quantitative estimate of drug-likeness (QED) is 0.807. The van der Waals surface area contributed by atoms with Gasteiger partial charge in [0.05, 0.1) is 18.2 Å². The van der Waals surface area contributed by atoms with Gasteiger partial charge >= 0.3 is 0 Å². The summed E-state index contributed by atoms with van der Waals surface area (Å²) in [5, 5.41) is 7.44. The lowest BCUT2D eigenvalue weighted by atomic mass is 10.2. The molecule has 110 valence electrons. The number of nitrogens with zero attached hydrogens (tertiary/aromatic N) is 3. The van der Waals surface area contributed by atoms with Gasteiger partial charge in [-0.1, -0.05) is 6.92 Å². The largest absolute Gasteiger partial charge is 0.301 e. The first-order valence-corrected chi connectivity index (χ1v) is 7.02. The van der Waals surface area contributed by atoms with Crippen LogP contribution in [0.5, 0.6) is 0 Å². The lowest BCUT2D eigenvalue weighted by Gasteiger charge is -2.21. The minimum Gasteiger partial charge on any atom is -0.301 e. The Labute approximate surface area is 119 Å². The van der Waals surface area contributed by atoms with Gasteiger partial charge in [0.2, 0.25) is 11.8 Å². The van der Waals surface area contributed by atoms with Crippen LogP contribution in [0.3, 0.4) is 0 Å². The van der Waals surface area contributed by atoms with Gasteiger partial charge in [0, 0.05) is 31.4 Å². The van der Waals surface area contributed by atoms with E-state index in [4.69, 9.17) is 0 Å². The first-order valence-electron chi connectivity index (χ1n) is 7.02. The molecule has 2 unspecified atom stereocenters. The number of aryl methyl sites for hydroxylation is 2. The number of carbonyl (C=O) groups is 2. The normalized spacial score (nSPS) is 20.8. The Kier molecular flexibility index (Phi) is 4.23. The first kappa shape index (κ1) is 14.7. The van der Waals surface area contributed by atoms with Crippen molar-refractivity contribution in [3.05, 3.63) is 17.5 Å². The van der Waals surface area contributed by atoms with Gasteiger partial charge in [0.15, 0.2) is 0 Å². The minimum atomic E-state index is -0.406. The highest BCUT2D eigenvalue weighted by Gasteiger charge is 2.40. The SMILES string of the molecule is CCC(C)N1C(=O)CC(NCc2cn(C)nc2C)C1=O. The summed E-state index contributed by atoms with van der Waals surface area (Å²) in [5.74, 6) is -0.185. The molecule has 0 radical (unpaired) electrons. The number of aromatic nitrogens is 2. The standard InChI is InChI=1S/C14H22N4O2/c1-5-9(2)18-13(19)6-12(14(18)20)15-7-11-8-17(4)16-10(11)3/h8-9,12,15H,5-7H2,1-4H3. The van der Waals surface area contributed by atoms with Gasteiger partial charge in [-0.05, 0) is 20.3 Å². The zero-order valence-corrected chi connectivity index (χ0v) is 12.5. The maximum Gasteiger partial charge on any atom is 0.247 e. The van der Waals surface area contributed by atoms with Crippen molar-refractivity contribution in [1.29, 1.82) is 0 Å². The molecule has 2 atom stereocenters. The third-order valence-electron chi connectivity index (χ3n) is 3.87. The Hall–Kier alpha value is -1.69. The maximum atomic E-state index is 12.2. The molecule has 1 aromatic heterocycles. The molecule has 1 aromatic rings. The number of hydrogen-bond donors (Lipinski definition) is 1. The molecule has 0 bridgehead atoms. The number of amides is 2. The minimum absolute atomic E-state index is 0.0260. The van der Waals surface area contributed by atoms with E-state index in [1.807, 2.05) is 34.0 Å². The molecule has 1 fully saturated rings. The van der Waals surface area contributed by atoms with Crippen molar-refractivity contribution in [3.63, 3.8) is 0 Å². The predicted molar refractivity (Wildman–Crippen MR) is 74.8 cm³/mol. The Morgan fingerprint density at radius 2 is 2.20 bits per heavy atom. The van der Waals surface area contributed by atoms with E-state index in [2.05, 4.69) is 10.4 Å². The molecule has 0 aliphatic carbocycles. The predicted octanol–water partition coefficient (Wildman–Crippen LogP) is 0.744. The number of imide groups is 1. The zero-order chi connectivity index (χ0) is 14.9. The van der Waals surface area contributed by atoms with Gasteiger partial charge in [-0.15, -0.1) is 0 Å². The van der Waals surface area contributed by atoms with Gasteiger partial charge in [-0.2, -0.15) is 5.10 Å². The summed E-state index contributed by atoms with van der Waals surface area (Å²) in [4.78, 5) is 25.6. The summed E-state index contributed by atoms with van der Waals surface area (Å²) < 4.78 is 1.75. The van der Waals surface area contributed by atoms with Gasteiger partial charge in [0.25, 0.3) is 0 Å². The summed E-state index contributed by atoms with van der Waals surface area (Å²) in [7, 11) is 1.87. The highest BCUT2D eigenvalue weighted by atomic mass is 16.2. The average molecular weight is 278 g/mol. The molecule has 6 nitrogen and oxygen atoms in total. The van der Waals surface area contributed by atoms with E-state index in [0.29, 0.717) is 6.54 Å². The number of rotatable bonds is 5. The smallest absolute Gasteiger partial charge is 0.247 e. The molecule has 2 rings (SSSR count). The number of likely N-dealkylation sites (tertiary alicyclic amines) is 1. The molecular weight excluding hydrogens is 256 g/mol. The molecular formula is C14H22N4O2. The van der Waals surface area contributed by atoms with Crippen LogP contribution >= 0.6 is 0 Å². The molecule has 0 spiro atoms. The van der Waals surface area contributed by atoms with E-state index in [1.54, 1.807) is 4.68 Å². The van der Waals surface area contributed by atoms with Crippen LogP contribution in [0.15, 0.2) is 6.20 Å². The molecule has 2 amide bonds. The fourth-order valence-electron chi connectivity index (χ4n) is 2.51. The molecule has 1 N–H and O–H groups in total. The third kappa shape index (κ3) is 2.75. The van der Waals surface area contributed by atoms with Crippen molar-refractivity contribution in [3.8, 4) is 0 Å². The monoisotopic (exact) mass is 278 g/mol. The highest BCUT2D eigenvalue weighted by Crippen LogP contribution is 2.18. The maximum absolute atomic E-state index is 12.2. The van der Waals surface area contributed by atoms with E-state index >= 15 is 0 Å². The van der Waals surface area contributed by atoms with Gasteiger partial charge < -0.3 is 5.32 Å². The second-order valence-electron chi connectivity index (χ2n) is 5.41. The van der Waals surface area contributed by atoms with Crippen LogP contribution in [0, 0.1) is 6.92 Å². The molecule has 1 aliphatic rings. The Morgan fingerprint density at radius 3 is 2.75 bits per heavy atom. The van der Waals surface area contributed by atoms with Crippen LogP contribution in [-0.2, 0) is 23.2 Å². The Morgan fingerprint density at radius 1 is 1.50 bits per heavy atom. The summed E-state index contributed by atoms with van der Waals surface area (Å²) in [6.07, 6.45) is 2.96. The van der Waals surface area contributed by atoms with Crippen LogP contribution in [0.2, 0.25) is 0 Å². The Bertz CT molecular complexity index is 523. The molecule has 1 aliphatic heterocycles. The summed E-state index contributed by atoms with van der Waals surface area (Å²) >= 11 is 0. The van der Waals surface area contributed by atoms with E-state index in [0.717, 1.165) is 17.7 Å². The average Bonchev–Trinajstić information content (AvgIpc) is 2.86. The number of nitrogens with one attached hydrogen (secondary N) is 1. The van der Waals surface area contributed by atoms with Crippen molar-refractivity contribution in [2.75, 3.05) is 0 Å². The lowest BCUT2D eigenvalue weighted by Crippen LogP contribution is -2.42. The summed E-state index contributed by atoms with van der Waals surface area (Å²) in [5.41, 5.74) is 1.99. The van der Waals surface area contributed by atoms with Crippen molar-refractivity contribution < 1.29 is 9.59 Å². The van der Waals surface area contributed by atoms with Crippen molar-refractivity contribution in [2.45, 2.75) is 52.2 Å². The van der Waals surface area contributed by atoms with Crippen LogP contribution < -0.4 is 5.32 Å². The van der Waals surface area contributed by atoms with Crippen molar-refractivity contribution in [2.24, 2.45) is 7.05 Å². The second-order valence-corrected chi connectivity index (χ2v) is 5.41. The zero-order valence-electron chi connectivity index (χ0n) is 12.5. The van der Waals surface area contributed by atoms with E-state index in [1.165, 1.54) is 4.90 Å². The van der Waals surface area contributed by atoms with Crippen LogP contribution in [0.4, 0.5) is 0 Å². The van der Waals surface area contributed by atoms with Crippen LogP contribution in [0.25, 0.3) is 0 Å². The van der Waals surface area contributed by atoms with E-state index in [-0.39, 0.29) is 24.3 Å². The second kappa shape index (κ2) is 5.75. The van der Waals surface area contributed by atoms with E-state index < -0.39 is 6.04 Å². The highest BCUT2D eigenvalue weighted by molar-refractivity contribution is 6.05. The third-order valence-corrected chi connectivity index (χ3v) is 3.87. The van der Waals surface area contributed by atoms with Gasteiger partial charge in [-0.3, -0.25) is 19.2 Å². The molecule has 0 saturated carbocycles. The topological polar surface area (TPSA) is 67.2 Å². The summed E-state index contributed by atoms with van der Waals surface area (Å²) in [6, 6.07) is -0.432. The fourth-order valence-corrected chi connectivity index (χ4v) is 2.51. The van der Waals surface area contributed by atoms with E-state index in [9.17, 15) is 9.59 Å². The lowest BCUT2D eigenvalue weighted by molar-refractivity contribution is -0.141.